The van der Waals surface area contributed by atoms with Gasteiger partial charge in [-0.1, -0.05) is 33.3 Å². The van der Waals surface area contributed by atoms with E-state index in [1.165, 1.54) is 0 Å². The standard InChI is InChI=1S/C12H23NO2/c1-4-6-11(7-5-2)10(3)12(14)15-9-8-13/h11H,3-9,13H2,1-2H3. The van der Waals surface area contributed by atoms with E-state index in [-0.39, 0.29) is 18.5 Å². The van der Waals surface area contributed by atoms with Crippen LogP contribution in [0.25, 0.3) is 0 Å². The molecule has 0 aliphatic rings. The van der Waals surface area contributed by atoms with Crippen LogP contribution in [-0.4, -0.2) is 19.1 Å². The summed E-state index contributed by atoms with van der Waals surface area (Å²) in [5, 5.41) is 0. The van der Waals surface area contributed by atoms with Crippen molar-refractivity contribution in [1.82, 2.24) is 0 Å². The molecule has 0 unspecified atom stereocenters. The summed E-state index contributed by atoms with van der Waals surface area (Å²) >= 11 is 0. The number of carbonyl (C=O) groups excluding carboxylic acids is 1. The minimum Gasteiger partial charge on any atom is -0.461 e. The topological polar surface area (TPSA) is 52.3 Å². The van der Waals surface area contributed by atoms with Crippen molar-refractivity contribution in [2.24, 2.45) is 11.7 Å². The van der Waals surface area contributed by atoms with E-state index in [1.54, 1.807) is 0 Å². The zero-order valence-electron chi connectivity index (χ0n) is 9.92. The fourth-order valence-electron chi connectivity index (χ4n) is 1.60. The van der Waals surface area contributed by atoms with Gasteiger partial charge in [0.15, 0.2) is 0 Å². The van der Waals surface area contributed by atoms with Gasteiger partial charge in [-0.2, -0.15) is 0 Å². The lowest BCUT2D eigenvalue weighted by molar-refractivity contribution is -0.139. The van der Waals surface area contributed by atoms with Crippen molar-refractivity contribution < 1.29 is 9.53 Å². The molecule has 15 heavy (non-hydrogen) atoms. The SMILES string of the molecule is C=C(C(=O)OCCN)C(CCC)CCC. The quantitative estimate of drug-likeness (QED) is 0.497. The van der Waals surface area contributed by atoms with Crippen LogP contribution in [0.1, 0.15) is 39.5 Å². The van der Waals surface area contributed by atoms with Crippen LogP contribution < -0.4 is 5.73 Å². The van der Waals surface area contributed by atoms with E-state index in [0.717, 1.165) is 25.7 Å². The number of ether oxygens (including phenoxy) is 1. The molecule has 3 nitrogen and oxygen atoms in total. The molecule has 0 atom stereocenters. The molecule has 0 spiro atoms. The maximum atomic E-state index is 11.5. The van der Waals surface area contributed by atoms with E-state index in [4.69, 9.17) is 10.5 Å². The first-order chi connectivity index (χ1) is 7.17. The molecule has 0 saturated carbocycles. The molecule has 0 radical (unpaired) electrons. The zero-order chi connectivity index (χ0) is 11.7. The second kappa shape index (κ2) is 8.48. The van der Waals surface area contributed by atoms with E-state index < -0.39 is 0 Å². The predicted octanol–water partition coefficient (Wildman–Crippen LogP) is 2.26. The Morgan fingerprint density at radius 3 is 2.27 bits per heavy atom. The van der Waals surface area contributed by atoms with Crippen LogP contribution in [0.2, 0.25) is 0 Å². The molecule has 0 fully saturated rings. The smallest absolute Gasteiger partial charge is 0.333 e. The number of hydrogen-bond acceptors (Lipinski definition) is 3. The monoisotopic (exact) mass is 213 g/mol. The van der Waals surface area contributed by atoms with E-state index in [9.17, 15) is 4.79 Å². The van der Waals surface area contributed by atoms with Crippen LogP contribution in [0.15, 0.2) is 12.2 Å². The largest absolute Gasteiger partial charge is 0.461 e. The van der Waals surface area contributed by atoms with Gasteiger partial charge in [0, 0.05) is 12.1 Å². The van der Waals surface area contributed by atoms with Gasteiger partial charge in [-0.05, 0) is 18.8 Å². The van der Waals surface area contributed by atoms with E-state index >= 15 is 0 Å². The van der Waals surface area contributed by atoms with Crippen molar-refractivity contribution in [1.29, 1.82) is 0 Å². The first-order valence-electron chi connectivity index (χ1n) is 5.73. The first-order valence-corrected chi connectivity index (χ1v) is 5.73. The summed E-state index contributed by atoms with van der Waals surface area (Å²) in [6.45, 7) is 8.70. The normalized spacial score (nSPS) is 10.4. The zero-order valence-corrected chi connectivity index (χ0v) is 9.92. The van der Waals surface area contributed by atoms with Crippen molar-refractivity contribution in [3.63, 3.8) is 0 Å². The van der Waals surface area contributed by atoms with Crippen molar-refractivity contribution in [3.8, 4) is 0 Å². The molecule has 0 heterocycles. The number of hydrogen-bond donors (Lipinski definition) is 1. The Kier molecular flexibility index (Phi) is 8.01. The Balaban J connectivity index is 4.15. The fraction of sp³-hybridized carbons (Fsp3) is 0.750. The number of carbonyl (C=O) groups is 1. The van der Waals surface area contributed by atoms with Crippen LogP contribution in [0.4, 0.5) is 0 Å². The first kappa shape index (κ1) is 14.2. The van der Waals surface area contributed by atoms with Crippen LogP contribution in [0.3, 0.4) is 0 Å². The lowest BCUT2D eigenvalue weighted by Crippen LogP contribution is -2.19. The maximum absolute atomic E-state index is 11.5. The molecule has 0 aromatic rings. The molecular weight excluding hydrogens is 190 g/mol. The van der Waals surface area contributed by atoms with Crippen molar-refractivity contribution in [2.45, 2.75) is 39.5 Å². The highest BCUT2D eigenvalue weighted by Gasteiger charge is 2.18. The molecule has 0 aromatic heterocycles. The molecule has 0 aliphatic heterocycles. The van der Waals surface area contributed by atoms with Gasteiger partial charge in [0.2, 0.25) is 0 Å². The molecule has 2 N–H and O–H groups in total. The Bertz CT molecular complexity index is 196. The van der Waals surface area contributed by atoms with Crippen molar-refractivity contribution in [2.75, 3.05) is 13.2 Å². The van der Waals surface area contributed by atoms with Crippen LogP contribution >= 0.6 is 0 Å². The summed E-state index contributed by atoms with van der Waals surface area (Å²) in [7, 11) is 0. The van der Waals surface area contributed by atoms with Gasteiger partial charge in [0.05, 0.1) is 0 Å². The van der Waals surface area contributed by atoms with Gasteiger partial charge in [0.25, 0.3) is 0 Å². The molecule has 0 aliphatic carbocycles. The fourth-order valence-corrected chi connectivity index (χ4v) is 1.60. The summed E-state index contributed by atoms with van der Waals surface area (Å²) < 4.78 is 4.96. The minimum absolute atomic E-state index is 0.269. The highest BCUT2D eigenvalue weighted by Crippen LogP contribution is 2.22. The van der Waals surface area contributed by atoms with Gasteiger partial charge in [0.1, 0.15) is 6.61 Å². The Labute approximate surface area is 92.7 Å². The molecule has 88 valence electrons. The third-order valence-corrected chi connectivity index (χ3v) is 2.38. The molecule has 0 rings (SSSR count). The Morgan fingerprint density at radius 1 is 1.33 bits per heavy atom. The summed E-state index contributed by atoms with van der Waals surface area (Å²) in [5.74, 6) is -0.0161. The number of esters is 1. The third kappa shape index (κ3) is 5.57. The summed E-state index contributed by atoms with van der Waals surface area (Å²) in [4.78, 5) is 11.5. The number of nitrogens with two attached hydrogens (primary N) is 1. The number of rotatable bonds is 8. The van der Waals surface area contributed by atoms with Gasteiger partial charge in [-0.25, -0.2) is 4.79 Å². The molecule has 0 saturated heterocycles. The highest BCUT2D eigenvalue weighted by atomic mass is 16.5. The highest BCUT2D eigenvalue weighted by molar-refractivity contribution is 5.88. The van der Waals surface area contributed by atoms with Crippen molar-refractivity contribution in [3.05, 3.63) is 12.2 Å². The lowest BCUT2D eigenvalue weighted by Gasteiger charge is -2.16. The van der Waals surface area contributed by atoms with E-state index in [1.807, 2.05) is 0 Å². The molecule has 0 aromatic carbocycles. The minimum atomic E-state index is -0.285. The van der Waals surface area contributed by atoms with Gasteiger partial charge in [-0.15, -0.1) is 0 Å². The third-order valence-electron chi connectivity index (χ3n) is 2.38. The maximum Gasteiger partial charge on any atom is 0.333 e. The second-order valence-electron chi connectivity index (χ2n) is 3.72. The molecule has 3 heteroatoms. The van der Waals surface area contributed by atoms with Gasteiger partial charge >= 0.3 is 5.97 Å². The average molecular weight is 213 g/mol. The average Bonchev–Trinajstić information content (AvgIpc) is 2.24. The molecular formula is C12H23NO2. The van der Waals surface area contributed by atoms with E-state index in [2.05, 4.69) is 20.4 Å². The lowest BCUT2D eigenvalue weighted by atomic mass is 9.91. The van der Waals surface area contributed by atoms with Crippen molar-refractivity contribution >= 4 is 5.97 Å². The van der Waals surface area contributed by atoms with E-state index in [0.29, 0.717) is 12.1 Å². The molecule has 0 amide bonds. The molecule has 0 bridgehead atoms. The summed E-state index contributed by atoms with van der Waals surface area (Å²) in [5.41, 5.74) is 5.87. The summed E-state index contributed by atoms with van der Waals surface area (Å²) in [6, 6.07) is 0. The van der Waals surface area contributed by atoms with Gasteiger partial charge < -0.3 is 10.5 Å². The Hall–Kier alpha value is -0.830. The summed E-state index contributed by atoms with van der Waals surface area (Å²) in [6.07, 6.45) is 4.14. The predicted molar refractivity (Wildman–Crippen MR) is 62.5 cm³/mol. The van der Waals surface area contributed by atoms with Crippen LogP contribution in [-0.2, 0) is 9.53 Å². The van der Waals surface area contributed by atoms with Gasteiger partial charge in [-0.3, -0.25) is 0 Å². The van der Waals surface area contributed by atoms with Crippen LogP contribution in [0.5, 0.6) is 0 Å². The van der Waals surface area contributed by atoms with Crippen LogP contribution in [0, 0.1) is 5.92 Å². The Morgan fingerprint density at radius 2 is 1.87 bits per heavy atom. The second-order valence-corrected chi connectivity index (χ2v) is 3.72.